The van der Waals surface area contributed by atoms with Crippen molar-refractivity contribution in [3.8, 4) is 5.75 Å². The molecule has 0 aliphatic heterocycles. The number of rotatable bonds is 6. The Labute approximate surface area is 129 Å². The van der Waals surface area contributed by atoms with Crippen LogP contribution in [0.4, 0.5) is 0 Å². The largest absolute Gasteiger partial charge is 0.488 e. The second-order valence-electron chi connectivity index (χ2n) is 4.20. The molecule has 0 saturated heterocycles. The third kappa shape index (κ3) is 5.37. The molecule has 0 radical (unpaired) electrons. The number of hydrogen-bond donors (Lipinski definition) is 1. The minimum Gasteiger partial charge on any atom is -0.488 e. The molecule has 0 spiro atoms. The van der Waals surface area contributed by atoms with Crippen molar-refractivity contribution in [2.45, 2.75) is 32.8 Å². The number of carbonyl (C=O) groups is 1. The quantitative estimate of drug-likeness (QED) is 0.703. The fourth-order valence-electron chi connectivity index (χ4n) is 1.62. The maximum absolute atomic E-state index is 10.5. The SMILES string of the molecule is CCCC(C)Oc1c(Br)cc(/C=C/C(=O)O)cc1Br. The van der Waals surface area contributed by atoms with Gasteiger partial charge in [0.2, 0.25) is 0 Å². The van der Waals surface area contributed by atoms with Crippen molar-refractivity contribution in [1.82, 2.24) is 0 Å². The summed E-state index contributed by atoms with van der Waals surface area (Å²) in [6.07, 6.45) is 4.83. The van der Waals surface area contributed by atoms with Crippen LogP contribution in [-0.4, -0.2) is 17.2 Å². The Hall–Kier alpha value is -0.810. The molecule has 1 aromatic carbocycles. The van der Waals surface area contributed by atoms with Gasteiger partial charge in [-0.25, -0.2) is 4.79 Å². The van der Waals surface area contributed by atoms with Crippen LogP contribution >= 0.6 is 31.9 Å². The van der Waals surface area contributed by atoms with Gasteiger partial charge in [0.05, 0.1) is 15.0 Å². The molecule has 3 nitrogen and oxygen atoms in total. The normalized spacial score (nSPS) is 12.6. The first kappa shape index (κ1) is 16.2. The number of carboxylic acids is 1. The lowest BCUT2D eigenvalue weighted by atomic mass is 10.2. The van der Waals surface area contributed by atoms with Gasteiger partial charge in [-0.3, -0.25) is 0 Å². The highest BCUT2D eigenvalue weighted by atomic mass is 79.9. The average molecular weight is 392 g/mol. The first-order valence-corrected chi connectivity index (χ1v) is 7.59. The Morgan fingerprint density at radius 1 is 1.42 bits per heavy atom. The summed E-state index contributed by atoms with van der Waals surface area (Å²) in [5.41, 5.74) is 0.789. The van der Waals surface area contributed by atoms with Crippen LogP contribution in [0.5, 0.6) is 5.75 Å². The van der Waals surface area contributed by atoms with E-state index in [1.807, 2.05) is 19.1 Å². The molecule has 0 aromatic heterocycles. The topological polar surface area (TPSA) is 46.5 Å². The molecule has 0 amide bonds. The van der Waals surface area contributed by atoms with E-state index >= 15 is 0 Å². The fourth-order valence-corrected chi connectivity index (χ4v) is 3.03. The Morgan fingerprint density at radius 3 is 2.47 bits per heavy atom. The molecule has 0 saturated carbocycles. The van der Waals surface area contributed by atoms with E-state index in [4.69, 9.17) is 9.84 Å². The van der Waals surface area contributed by atoms with Gasteiger partial charge >= 0.3 is 5.97 Å². The molecular formula is C14H16Br2O3. The zero-order chi connectivity index (χ0) is 14.4. The molecule has 0 aliphatic rings. The Balaban J connectivity index is 2.94. The average Bonchev–Trinajstić information content (AvgIpc) is 2.31. The zero-order valence-corrected chi connectivity index (χ0v) is 14.0. The number of ether oxygens (including phenoxy) is 1. The van der Waals surface area contributed by atoms with Crippen LogP contribution in [0.15, 0.2) is 27.2 Å². The van der Waals surface area contributed by atoms with E-state index in [2.05, 4.69) is 38.8 Å². The van der Waals surface area contributed by atoms with Gasteiger partial charge in [-0.15, -0.1) is 0 Å². The monoisotopic (exact) mass is 390 g/mol. The van der Waals surface area contributed by atoms with E-state index in [9.17, 15) is 4.79 Å². The van der Waals surface area contributed by atoms with E-state index in [1.54, 1.807) is 0 Å². The van der Waals surface area contributed by atoms with Gasteiger partial charge in [0.25, 0.3) is 0 Å². The van der Waals surface area contributed by atoms with E-state index in [0.29, 0.717) is 0 Å². The standard InChI is InChI=1S/C14H16Br2O3/c1-3-4-9(2)19-14-11(15)7-10(8-12(14)16)5-6-13(17)18/h5-9H,3-4H2,1-2H3,(H,17,18)/b6-5+. The molecule has 1 rings (SSSR count). The van der Waals surface area contributed by atoms with Crippen molar-refractivity contribution >= 4 is 43.9 Å². The molecule has 0 heterocycles. The highest BCUT2D eigenvalue weighted by molar-refractivity contribution is 9.11. The van der Waals surface area contributed by atoms with Gasteiger partial charge < -0.3 is 9.84 Å². The summed E-state index contributed by atoms with van der Waals surface area (Å²) in [4.78, 5) is 10.5. The van der Waals surface area contributed by atoms with Crippen molar-refractivity contribution in [3.63, 3.8) is 0 Å². The van der Waals surface area contributed by atoms with Crippen LogP contribution in [0.3, 0.4) is 0 Å². The molecule has 104 valence electrons. The summed E-state index contributed by atoms with van der Waals surface area (Å²) < 4.78 is 7.46. The number of benzene rings is 1. The molecule has 1 aromatic rings. The van der Waals surface area contributed by atoms with Crippen LogP contribution in [0, 0.1) is 0 Å². The minimum absolute atomic E-state index is 0.137. The van der Waals surface area contributed by atoms with Crippen molar-refractivity contribution in [2.24, 2.45) is 0 Å². The Bertz CT molecular complexity index is 461. The Morgan fingerprint density at radius 2 is 2.00 bits per heavy atom. The maximum atomic E-state index is 10.5. The number of carboxylic acid groups (broad SMARTS) is 1. The van der Waals surface area contributed by atoms with Crippen LogP contribution in [0.2, 0.25) is 0 Å². The minimum atomic E-state index is -0.968. The predicted molar refractivity (Wildman–Crippen MR) is 83.5 cm³/mol. The van der Waals surface area contributed by atoms with Crippen molar-refractivity contribution in [1.29, 1.82) is 0 Å². The van der Waals surface area contributed by atoms with Gasteiger partial charge in [-0.05, 0) is 69.0 Å². The van der Waals surface area contributed by atoms with Gasteiger partial charge in [0.15, 0.2) is 0 Å². The van der Waals surface area contributed by atoms with E-state index in [1.165, 1.54) is 6.08 Å². The molecule has 1 atom stereocenters. The molecule has 0 bridgehead atoms. The van der Waals surface area contributed by atoms with Crippen molar-refractivity contribution in [2.75, 3.05) is 0 Å². The van der Waals surface area contributed by atoms with Crippen molar-refractivity contribution < 1.29 is 14.6 Å². The van der Waals surface area contributed by atoms with Crippen LogP contribution in [0.25, 0.3) is 6.08 Å². The third-order valence-corrected chi connectivity index (χ3v) is 3.63. The van der Waals surface area contributed by atoms with Gasteiger partial charge in [0.1, 0.15) is 5.75 Å². The lowest BCUT2D eigenvalue weighted by molar-refractivity contribution is -0.131. The summed E-state index contributed by atoms with van der Waals surface area (Å²) in [5, 5.41) is 8.61. The lowest BCUT2D eigenvalue weighted by Gasteiger charge is -2.17. The summed E-state index contributed by atoms with van der Waals surface area (Å²) in [6.45, 7) is 4.14. The number of aliphatic carboxylic acids is 1. The lowest BCUT2D eigenvalue weighted by Crippen LogP contribution is -2.11. The summed E-state index contributed by atoms with van der Waals surface area (Å²) in [5.74, 6) is -0.224. The second kappa shape index (κ2) is 7.70. The van der Waals surface area contributed by atoms with E-state index in [0.717, 1.165) is 39.2 Å². The van der Waals surface area contributed by atoms with E-state index < -0.39 is 5.97 Å². The summed E-state index contributed by atoms with van der Waals surface area (Å²) in [7, 11) is 0. The Kier molecular flexibility index (Phi) is 6.58. The number of halogens is 2. The maximum Gasteiger partial charge on any atom is 0.328 e. The number of hydrogen-bond acceptors (Lipinski definition) is 2. The van der Waals surface area contributed by atoms with Crippen LogP contribution < -0.4 is 4.74 Å². The van der Waals surface area contributed by atoms with Gasteiger partial charge in [-0.2, -0.15) is 0 Å². The van der Waals surface area contributed by atoms with E-state index in [-0.39, 0.29) is 6.10 Å². The molecular weight excluding hydrogens is 376 g/mol. The summed E-state index contributed by atoms with van der Waals surface area (Å²) in [6, 6.07) is 3.66. The summed E-state index contributed by atoms with van der Waals surface area (Å²) >= 11 is 6.90. The molecule has 0 fully saturated rings. The molecule has 1 N–H and O–H groups in total. The van der Waals surface area contributed by atoms with Crippen molar-refractivity contribution in [3.05, 3.63) is 32.7 Å². The molecule has 1 unspecified atom stereocenters. The molecule has 19 heavy (non-hydrogen) atoms. The third-order valence-electron chi connectivity index (χ3n) is 2.45. The van der Waals surface area contributed by atoms with Crippen LogP contribution in [-0.2, 0) is 4.79 Å². The predicted octanol–water partition coefficient (Wildman–Crippen LogP) is 4.88. The molecule has 5 heteroatoms. The highest BCUT2D eigenvalue weighted by Crippen LogP contribution is 2.36. The zero-order valence-electron chi connectivity index (χ0n) is 10.8. The van der Waals surface area contributed by atoms with Gasteiger partial charge in [-0.1, -0.05) is 13.3 Å². The molecule has 0 aliphatic carbocycles. The first-order chi connectivity index (χ1) is 8.93. The second-order valence-corrected chi connectivity index (χ2v) is 5.91. The van der Waals surface area contributed by atoms with Crippen LogP contribution in [0.1, 0.15) is 32.3 Å². The van der Waals surface area contributed by atoms with Gasteiger partial charge in [0, 0.05) is 6.08 Å². The fraction of sp³-hybridized carbons (Fsp3) is 0.357. The first-order valence-electron chi connectivity index (χ1n) is 6.00. The highest BCUT2D eigenvalue weighted by Gasteiger charge is 2.11. The smallest absolute Gasteiger partial charge is 0.328 e.